The monoisotopic (exact) mass is 319 g/mol. The minimum Gasteiger partial charge on any atom is -0.476 e. The van der Waals surface area contributed by atoms with Gasteiger partial charge in [0.05, 0.1) is 18.0 Å². The normalized spacial score (nSPS) is 11.1. The highest BCUT2D eigenvalue weighted by Gasteiger charge is 2.17. The molecule has 0 saturated carbocycles. The fourth-order valence-corrected chi connectivity index (χ4v) is 2.29. The highest BCUT2D eigenvalue weighted by molar-refractivity contribution is 5.92. The summed E-state index contributed by atoms with van der Waals surface area (Å²) in [5.74, 6) is -2.74. The first-order chi connectivity index (χ1) is 11.0. The predicted molar refractivity (Wildman–Crippen MR) is 76.0 cm³/mol. The summed E-state index contributed by atoms with van der Waals surface area (Å²) in [4.78, 5) is 19.2. The Balaban J connectivity index is 2.28. The summed E-state index contributed by atoms with van der Waals surface area (Å²) in [7, 11) is 1.48. The van der Waals surface area contributed by atoms with Crippen LogP contribution in [0.3, 0.4) is 0 Å². The molecule has 1 N–H and O–H groups in total. The van der Waals surface area contributed by atoms with Crippen LogP contribution < -0.4 is 0 Å². The second-order valence-corrected chi connectivity index (χ2v) is 4.82. The van der Waals surface area contributed by atoms with Crippen LogP contribution in [0.1, 0.15) is 16.2 Å². The molecular formula is C15H11F2N3O3. The molecule has 0 unspecified atom stereocenters. The molecule has 0 amide bonds. The molecule has 118 valence electrons. The third-order valence-corrected chi connectivity index (χ3v) is 3.23. The van der Waals surface area contributed by atoms with E-state index in [-0.39, 0.29) is 29.2 Å². The average Bonchev–Trinajstić information content (AvgIpc) is 2.90. The van der Waals surface area contributed by atoms with Gasteiger partial charge in [0.25, 0.3) is 0 Å². The van der Waals surface area contributed by atoms with Crippen molar-refractivity contribution in [2.24, 2.45) is 0 Å². The summed E-state index contributed by atoms with van der Waals surface area (Å²) in [6.07, 6.45) is 1.32. The van der Waals surface area contributed by atoms with Crippen molar-refractivity contribution in [2.75, 3.05) is 7.11 Å². The smallest absolute Gasteiger partial charge is 0.358 e. The molecule has 0 aliphatic rings. The Hall–Kier alpha value is -2.87. The zero-order valence-corrected chi connectivity index (χ0v) is 12.0. The number of hydrogen-bond donors (Lipinski definition) is 1. The number of ether oxygens (including phenoxy) is 1. The first-order valence-corrected chi connectivity index (χ1v) is 6.55. The van der Waals surface area contributed by atoms with Gasteiger partial charge in [0.2, 0.25) is 0 Å². The Labute approximate surface area is 129 Å². The molecule has 0 spiro atoms. The van der Waals surface area contributed by atoms with Gasteiger partial charge in [0, 0.05) is 18.7 Å². The van der Waals surface area contributed by atoms with E-state index in [0.29, 0.717) is 5.69 Å². The fourth-order valence-electron chi connectivity index (χ4n) is 2.29. The number of hydrogen-bond acceptors (Lipinski definition) is 4. The maximum absolute atomic E-state index is 13.4. The number of benzene rings is 1. The quantitative estimate of drug-likeness (QED) is 0.799. The highest BCUT2D eigenvalue weighted by atomic mass is 19.1. The third kappa shape index (κ3) is 2.76. The van der Waals surface area contributed by atoms with Crippen molar-refractivity contribution in [3.05, 3.63) is 53.6 Å². The molecule has 2 aromatic heterocycles. The Morgan fingerprint density at radius 1 is 1.26 bits per heavy atom. The van der Waals surface area contributed by atoms with Gasteiger partial charge in [-0.1, -0.05) is 0 Å². The van der Waals surface area contributed by atoms with Crippen LogP contribution in [0.25, 0.3) is 16.9 Å². The van der Waals surface area contributed by atoms with Gasteiger partial charge in [0.1, 0.15) is 18.0 Å². The van der Waals surface area contributed by atoms with Gasteiger partial charge >= 0.3 is 5.97 Å². The van der Waals surface area contributed by atoms with Gasteiger partial charge in [-0.15, -0.1) is 0 Å². The van der Waals surface area contributed by atoms with Crippen LogP contribution in [0.2, 0.25) is 0 Å². The number of nitrogens with zero attached hydrogens (tertiary/aromatic N) is 3. The van der Waals surface area contributed by atoms with E-state index < -0.39 is 17.6 Å². The minimum atomic E-state index is -1.24. The molecule has 0 bridgehead atoms. The number of methoxy groups -OCH3 is 1. The molecule has 8 heteroatoms. The largest absolute Gasteiger partial charge is 0.476 e. The molecule has 3 aromatic rings. The molecule has 3 rings (SSSR count). The highest BCUT2D eigenvalue weighted by Crippen LogP contribution is 2.23. The van der Waals surface area contributed by atoms with E-state index in [1.54, 1.807) is 6.07 Å². The van der Waals surface area contributed by atoms with Crippen molar-refractivity contribution in [1.82, 2.24) is 14.4 Å². The molecule has 0 saturated heterocycles. The van der Waals surface area contributed by atoms with E-state index in [4.69, 9.17) is 4.74 Å². The summed E-state index contributed by atoms with van der Waals surface area (Å²) in [6.45, 7) is 0.152. The Morgan fingerprint density at radius 3 is 2.57 bits per heavy atom. The number of rotatable bonds is 4. The van der Waals surface area contributed by atoms with Crippen molar-refractivity contribution < 1.29 is 23.4 Å². The van der Waals surface area contributed by atoms with Crippen molar-refractivity contribution in [1.29, 1.82) is 0 Å². The molecule has 0 radical (unpaired) electrons. The number of carboxylic acids is 1. The Morgan fingerprint density at radius 2 is 1.96 bits per heavy atom. The Kier molecular flexibility index (Phi) is 3.75. The molecule has 2 heterocycles. The van der Waals surface area contributed by atoms with Gasteiger partial charge in [-0.05, 0) is 18.2 Å². The van der Waals surface area contributed by atoms with Crippen LogP contribution in [-0.2, 0) is 11.3 Å². The summed E-state index contributed by atoms with van der Waals surface area (Å²) in [5.41, 5.74) is 0.802. The lowest BCUT2D eigenvalue weighted by Crippen LogP contribution is -2.04. The summed E-state index contributed by atoms with van der Waals surface area (Å²) < 4.78 is 33.4. The van der Waals surface area contributed by atoms with Crippen LogP contribution in [0, 0.1) is 11.6 Å². The van der Waals surface area contributed by atoms with E-state index in [1.165, 1.54) is 17.8 Å². The second-order valence-electron chi connectivity index (χ2n) is 4.82. The number of aromatic carboxylic acids is 1. The number of carboxylic acid groups (broad SMARTS) is 1. The minimum absolute atomic E-state index is 0.0757. The predicted octanol–water partition coefficient (Wildman–Crippen LogP) is 2.52. The first-order valence-electron chi connectivity index (χ1n) is 6.55. The molecule has 6 nitrogen and oxygen atoms in total. The Bertz CT molecular complexity index is 888. The molecule has 23 heavy (non-hydrogen) atoms. The maximum Gasteiger partial charge on any atom is 0.358 e. The van der Waals surface area contributed by atoms with E-state index in [0.717, 1.165) is 18.2 Å². The van der Waals surface area contributed by atoms with Crippen LogP contribution in [0.5, 0.6) is 0 Å². The van der Waals surface area contributed by atoms with Crippen molar-refractivity contribution in [3.63, 3.8) is 0 Å². The fraction of sp³-hybridized carbons (Fsp3) is 0.133. The first kappa shape index (κ1) is 15.0. The van der Waals surface area contributed by atoms with Crippen molar-refractivity contribution >= 4 is 11.6 Å². The second kappa shape index (κ2) is 5.73. The molecule has 0 atom stereocenters. The number of carbonyl (C=O) groups is 1. The lowest BCUT2D eigenvalue weighted by molar-refractivity contribution is 0.0693. The lowest BCUT2D eigenvalue weighted by atomic mass is 10.1. The van der Waals surface area contributed by atoms with Gasteiger partial charge in [-0.25, -0.2) is 23.5 Å². The van der Waals surface area contributed by atoms with E-state index in [9.17, 15) is 18.7 Å². The van der Waals surface area contributed by atoms with Crippen LogP contribution in [-0.4, -0.2) is 32.6 Å². The number of aromatic nitrogens is 3. The van der Waals surface area contributed by atoms with Crippen LogP contribution in [0.15, 0.2) is 30.6 Å². The number of fused-ring (bicyclic) bond motifs is 1. The van der Waals surface area contributed by atoms with Gasteiger partial charge in [-0.3, -0.25) is 4.40 Å². The molecular weight excluding hydrogens is 308 g/mol. The van der Waals surface area contributed by atoms with Crippen LogP contribution >= 0.6 is 0 Å². The standard InChI is InChI=1S/C15H11F2N3O3/c1-23-6-11-5-12(8-2-9(16)4-10(17)3-8)19-14-13(15(21)22)18-7-20(11)14/h2-5,7H,6H2,1H3,(H,21,22). The van der Waals surface area contributed by atoms with Crippen molar-refractivity contribution in [3.8, 4) is 11.3 Å². The van der Waals surface area contributed by atoms with E-state index in [2.05, 4.69) is 9.97 Å². The lowest BCUT2D eigenvalue weighted by Gasteiger charge is -2.09. The zero-order chi connectivity index (χ0) is 16.6. The van der Waals surface area contributed by atoms with Gasteiger partial charge in [0.15, 0.2) is 11.3 Å². The summed E-state index contributed by atoms with van der Waals surface area (Å²) in [5, 5.41) is 9.18. The average molecular weight is 319 g/mol. The maximum atomic E-state index is 13.4. The topological polar surface area (TPSA) is 76.7 Å². The van der Waals surface area contributed by atoms with Crippen molar-refractivity contribution in [2.45, 2.75) is 6.61 Å². The summed E-state index contributed by atoms with van der Waals surface area (Å²) >= 11 is 0. The summed E-state index contributed by atoms with van der Waals surface area (Å²) in [6, 6.07) is 4.56. The van der Waals surface area contributed by atoms with Crippen LogP contribution in [0.4, 0.5) is 8.78 Å². The SMILES string of the molecule is COCc1cc(-c2cc(F)cc(F)c2)nc2c(C(=O)O)ncn12. The number of halogens is 2. The third-order valence-electron chi connectivity index (χ3n) is 3.23. The van der Waals surface area contributed by atoms with E-state index >= 15 is 0 Å². The molecule has 0 aliphatic carbocycles. The zero-order valence-electron chi connectivity index (χ0n) is 12.0. The molecule has 0 fully saturated rings. The van der Waals surface area contributed by atoms with Gasteiger partial charge in [-0.2, -0.15) is 0 Å². The molecule has 0 aliphatic heterocycles. The number of imidazole rings is 1. The van der Waals surface area contributed by atoms with E-state index in [1.807, 2.05) is 0 Å². The molecule has 1 aromatic carbocycles. The van der Waals surface area contributed by atoms with Gasteiger partial charge < -0.3 is 9.84 Å².